The lowest BCUT2D eigenvalue weighted by Gasteiger charge is -2.30. The van der Waals surface area contributed by atoms with Crippen molar-refractivity contribution in [2.24, 2.45) is 0 Å². The SMILES string of the molecule is O=[N+]([O-])c1ccc(NC(=S)N(Cc2ccccc2)[C@@H]2C=CS(=O)(=O)C2)cc1. The molecule has 0 saturated heterocycles. The monoisotopic (exact) mass is 403 g/mol. The number of nitro benzene ring substituents is 1. The Kier molecular flexibility index (Phi) is 5.52. The van der Waals surface area contributed by atoms with Crippen molar-refractivity contribution in [1.82, 2.24) is 4.90 Å². The van der Waals surface area contributed by atoms with Gasteiger partial charge in [0.05, 0.1) is 16.7 Å². The zero-order chi connectivity index (χ0) is 19.4. The minimum atomic E-state index is -3.24. The van der Waals surface area contributed by atoms with Crippen molar-refractivity contribution >= 4 is 38.5 Å². The number of sulfone groups is 1. The Morgan fingerprint density at radius 3 is 2.41 bits per heavy atom. The van der Waals surface area contributed by atoms with Crippen molar-refractivity contribution in [3.05, 3.63) is 81.8 Å². The summed E-state index contributed by atoms with van der Waals surface area (Å²) in [4.78, 5) is 12.1. The van der Waals surface area contributed by atoms with Crippen LogP contribution >= 0.6 is 12.2 Å². The highest BCUT2D eigenvalue weighted by atomic mass is 32.2. The molecule has 3 rings (SSSR count). The van der Waals surface area contributed by atoms with Crippen molar-refractivity contribution in [3.63, 3.8) is 0 Å². The third-order valence-corrected chi connectivity index (χ3v) is 5.81. The highest BCUT2D eigenvalue weighted by Crippen LogP contribution is 2.21. The second-order valence-electron chi connectivity index (χ2n) is 6.07. The fourth-order valence-electron chi connectivity index (χ4n) is 2.73. The fourth-order valence-corrected chi connectivity index (χ4v) is 4.35. The topological polar surface area (TPSA) is 92.6 Å². The summed E-state index contributed by atoms with van der Waals surface area (Å²) in [5.74, 6) is -0.0398. The average molecular weight is 403 g/mol. The van der Waals surface area contributed by atoms with Gasteiger partial charge >= 0.3 is 0 Å². The summed E-state index contributed by atoms with van der Waals surface area (Å²) in [5, 5.41) is 15.4. The number of nitro groups is 1. The van der Waals surface area contributed by atoms with Gasteiger partial charge in [0.1, 0.15) is 0 Å². The Morgan fingerprint density at radius 1 is 1.19 bits per heavy atom. The van der Waals surface area contributed by atoms with Crippen LogP contribution in [0.25, 0.3) is 0 Å². The van der Waals surface area contributed by atoms with Crippen LogP contribution in [0.3, 0.4) is 0 Å². The maximum atomic E-state index is 11.8. The number of anilines is 1. The smallest absolute Gasteiger partial charge is 0.269 e. The van der Waals surface area contributed by atoms with E-state index >= 15 is 0 Å². The van der Waals surface area contributed by atoms with E-state index in [4.69, 9.17) is 12.2 Å². The first-order chi connectivity index (χ1) is 12.8. The zero-order valence-corrected chi connectivity index (χ0v) is 15.8. The molecule has 0 unspecified atom stereocenters. The van der Waals surface area contributed by atoms with Gasteiger partial charge in [0.15, 0.2) is 14.9 Å². The first-order valence-electron chi connectivity index (χ1n) is 8.11. The van der Waals surface area contributed by atoms with Crippen LogP contribution in [-0.2, 0) is 16.4 Å². The van der Waals surface area contributed by atoms with Crippen LogP contribution in [0.1, 0.15) is 5.56 Å². The number of rotatable bonds is 5. The number of hydrogen-bond donors (Lipinski definition) is 1. The van der Waals surface area contributed by atoms with Crippen molar-refractivity contribution < 1.29 is 13.3 Å². The van der Waals surface area contributed by atoms with Crippen LogP contribution in [0.2, 0.25) is 0 Å². The Bertz CT molecular complexity index is 973. The number of benzene rings is 2. The van der Waals surface area contributed by atoms with Gasteiger partial charge in [-0.2, -0.15) is 0 Å². The number of thiocarbonyl (C=S) groups is 1. The second-order valence-corrected chi connectivity index (χ2v) is 8.39. The van der Waals surface area contributed by atoms with E-state index in [1.54, 1.807) is 23.1 Å². The molecular formula is C18H17N3O4S2. The molecule has 0 aliphatic carbocycles. The average Bonchev–Trinajstić information content (AvgIpc) is 3.00. The Labute approximate surface area is 162 Å². The van der Waals surface area contributed by atoms with E-state index in [2.05, 4.69) is 5.32 Å². The van der Waals surface area contributed by atoms with E-state index in [0.717, 1.165) is 5.56 Å². The molecule has 0 fully saturated rings. The molecule has 0 saturated carbocycles. The first-order valence-corrected chi connectivity index (χ1v) is 10.2. The van der Waals surface area contributed by atoms with Crippen LogP contribution in [-0.4, -0.2) is 35.1 Å². The third-order valence-electron chi connectivity index (χ3n) is 4.10. The summed E-state index contributed by atoms with van der Waals surface area (Å²) < 4.78 is 23.7. The van der Waals surface area contributed by atoms with E-state index in [-0.39, 0.29) is 17.5 Å². The quantitative estimate of drug-likeness (QED) is 0.466. The lowest BCUT2D eigenvalue weighted by Crippen LogP contribution is -2.42. The molecule has 0 aromatic heterocycles. The van der Waals surface area contributed by atoms with Crippen LogP contribution in [0, 0.1) is 10.1 Å². The van der Waals surface area contributed by atoms with Crippen LogP contribution < -0.4 is 5.32 Å². The number of nitrogens with zero attached hydrogens (tertiary/aromatic N) is 2. The van der Waals surface area contributed by atoms with Crippen molar-refractivity contribution in [2.45, 2.75) is 12.6 Å². The van der Waals surface area contributed by atoms with E-state index in [9.17, 15) is 18.5 Å². The standard InChI is InChI=1S/C18H17N3O4S2/c22-21(23)16-8-6-15(7-9-16)19-18(26)20(12-14-4-2-1-3-5-14)17-10-11-27(24,25)13-17/h1-11,17H,12-13H2,(H,19,26)/t17-/m1/s1. The van der Waals surface area contributed by atoms with Gasteiger partial charge in [-0.15, -0.1) is 0 Å². The second kappa shape index (κ2) is 7.85. The minimum absolute atomic E-state index is 0.0163. The summed E-state index contributed by atoms with van der Waals surface area (Å²) >= 11 is 5.50. The van der Waals surface area contributed by atoms with Gasteiger partial charge in [0.2, 0.25) is 0 Å². The lowest BCUT2D eigenvalue weighted by atomic mass is 10.2. The molecule has 0 amide bonds. The van der Waals surface area contributed by atoms with Crippen molar-refractivity contribution in [1.29, 1.82) is 0 Å². The van der Waals surface area contributed by atoms with Gasteiger partial charge in [0, 0.05) is 29.8 Å². The minimum Gasteiger partial charge on any atom is -0.337 e. The highest BCUT2D eigenvalue weighted by molar-refractivity contribution is 7.94. The van der Waals surface area contributed by atoms with Gasteiger partial charge in [-0.25, -0.2) is 8.42 Å². The zero-order valence-electron chi connectivity index (χ0n) is 14.2. The molecule has 140 valence electrons. The summed E-state index contributed by atoms with van der Waals surface area (Å²) in [5.41, 5.74) is 1.56. The Balaban J connectivity index is 1.80. The van der Waals surface area contributed by atoms with E-state index < -0.39 is 14.8 Å². The maximum absolute atomic E-state index is 11.8. The van der Waals surface area contributed by atoms with Gasteiger partial charge in [-0.05, 0) is 36.0 Å². The maximum Gasteiger partial charge on any atom is 0.269 e. The van der Waals surface area contributed by atoms with Crippen molar-refractivity contribution in [2.75, 3.05) is 11.1 Å². The third kappa shape index (κ3) is 4.89. The summed E-state index contributed by atoms with van der Waals surface area (Å²) in [7, 11) is -3.24. The predicted molar refractivity (Wildman–Crippen MR) is 108 cm³/mol. The van der Waals surface area contributed by atoms with Gasteiger partial charge in [0.25, 0.3) is 5.69 Å². The largest absolute Gasteiger partial charge is 0.337 e. The van der Waals surface area contributed by atoms with E-state index in [1.165, 1.54) is 17.5 Å². The molecular weight excluding hydrogens is 386 g/mol. The molecule has 0 bridgehead atoms. The molecule has 1 aliphatic rings. The fraction of sp³-hybridized carbons (Fsp3) is 0.167. The summed E-state index contributed by atoms with van der Waals surface area (Å²) in [6.45, 7) is 0.435. The normalized spacial score (nSPS) is 17.4. The van der Waals surface area contributed by atoms with Gasteiger partial charge in [-0.1, -0.05) is 30.3 Å². The van der Waals surface area contributed by atoms with E-state index in [1.807, 2.05) is 30.3 Å². The van der Waals surface area contributed by atoms with Crippen LogP contribution in [0.5, 0.6) is 0 Å². The van der Waals surface area contributed by atoms with Crippen LogP contribution in [0.4, 0.5) is 11.4 Å². The molecule has 1 atom stereocenters. The number of nitrogens with one attached hydrogen (secondary N) is 1. The molecule has 0 spiro atoms. The molecule has 9 heteroatoms. The molecule has 27 heavy (non-hydrogen) atoms. The molecule has 1 aliphatic heterocycles. The van der Waals surface area contributed by atoms with Crippen LogP contribution in [0.15, 0.2) is 66.1 Å². The van der Waals surface area contributed by atoms with Gasteiger partial charge in [-0.3, -0.25) is 10.1 Å². The number of non-ortho nitro benzene ring substituents is 1. The highest BCUT2D eigenvalue weighted by Gasteiger charge is 2.29. The Morgan fingerprint density at radius 2 is 1.85 bits per heavy atom. The van der Waals surface area contributed by atoms with E-state index in [0.29, 0.717) is 17.3 Å². The molecule has 2 aromatic carbocycles. The Hall–Kier alpha value is -2.78. The first kappa shape index (κ1) is 19.0. The molecule has 1 heterocycles. The van der Waals surface area contributed by atoms with Crippen molar-refractivity contribution in [3.8, 4) is 0 Å². The molecule has 1 N–H and O–H groups in total. The molecule has 0 radical (unpaired) electrons. The summed E-state index contributed by atoms with van der Waals surface area (Å²) in [6.07, 6.45) is 1.63. The summed E-state index contributed by atoms with van der Waals surface area (Å²) in [6, 6.07) is 15.1. The molecule has 2 aromatic rings. The molecule has 7 nitrogen and oxygen atoms in total. The lowest BCUT2D eigenvalue weighted by molar-refractivity contribution is -0.384. The predicted octanol–water partition coefficient (Wildman–Crippen LogP) is 3.10. The van der Waals surface area contributed by atoms with Gasteiger partial charge < -0.3 is 10.2 Å². The number of hydrogen-bond acceptors (Lipinski definition) is 5.